The summed E-state index contributed by atoms with van der Waals surface area (Å²) in [4.78, 5) is 17.7. The van der Waals surface area contributed by atoms with Gasteiger partial charge in [0.25, 0.3) is 10.0 Å². The van der Waals surface area contributed by atoms with Crippen LogP contribution in [0.4, 0.5) is 5.69 Å². The van der Waals surface area contributed by atoms with Gasteiger partial charge in [-0.05, 0) is 77.8 Å². The van der Waals surface area contributed by atoms with Gasteiger partial charge >= 0.3 is 5.97 Å². The quantitative estimate of drug-likeness (QED) is 0.145. The summed E-state index contributed by atoms with van der Waals surface area (Å²) in [5.74, 6) is 0.0231. The third kappa shape index (κ3) is 7.13. The summed E-state index contributed by atoms with van der Waals surface area (Å²) in [5.41, 5.74) is 6.72. The zero-order chi connectivity index (χ0) is 33.9. The molecule has 0 aliphatic carbocycles. The van der Waals surface area contributed by atoms with Crippen LogP contribution in [0.15, 0.2) is 89.8 Å². The van der Waals surface area contributed by atoms with Crippen molar-refractivity contribution in [3.05, 3.63) is 113 Å². The van der Waals surface area contributed by atoms with Gasteiger partial charge in [-0.1, -0.05) is 101 Å². The lowest BCUT2D eigenvalue weighted by molar-refractivity contribution is 0.0695. The van der Waals surface area contributed by atoms with Crippen molar-refractivity contribution < 1.29 is 18.3 Å². The number of fused-ring (bicyclic) bond motifs is 1. The van der Waals surface area contributed by atoms with Gasteiger partial charge in [0.15, 0.2) is 0 Å². The van der Waals surface area contributed by atoms with Crippen molar-refractivity contribution in [2.75, 3.05) is 10.8 Å². The molecule has 4 aromatic carbocycles. The molecule has 1 aromatic heterocycles. The SMILES string of the molecule is CCCCc1nc2ccc(N(CCC)S(=O)(=O)c3ccc(C)cc3)cc2n1Cc1ccc(-c2cccc(C(C)(C)C)c2C(=O)O)cc1. The van der Waals surface area contributed by atoms with Gasteiger partial charge in [-0.3, -0.25) is 4.31 Å². The van der Waals surface area contributed by atoms with E-state index < -0.39 is 16.0 Å². The van der Waals surface area contributed by atoms with Gasteiger partial charge in [0, 0.05) is 19.5 Å². The number of sulfonamides is 1. The van der Waals surface area contributed by atoms with E-state index in [0.717, 1.165) is 58.4 Å². The summed E-state index contributed by atoms with van der Waals surface area (Å²) in [5, 5.41) is 10.2. The molecule has 0 bridgehead atoms. The highest BCUT2D eigenvalue weighted by molar-refractivity contribution is 7.92. The van der Waals surface area contributed by atoms with E-state index in [1.807, 2.05) is 107 Å². The summed E-state index contributed by atoms with van der Waals surface area (Å²) >= 11 is 0. The second kappa shape index (κ2) is 13.7. The first-order chi connectivity index (χ1) is 22.3. The third-order valence-electron chi connectivity index (χ3n) is 8.58. The van der Waals surface area contributed by atoms with Gasteiger partial charge in [0.05, 0.1) is 27.2 Å². The number of imidazole rings is 1. The summed E-state index contributed by atoms with van der Waals surface area (Å²) in [6.45, 7) is 13.1. The Hall–Kier alpha value is -4.43. The van der Waals surface area contributed by atoms with Crippen LogP contribution in [0.1, 0.15) is 86.8 Å². The van der Waals surface area contributed by atoms with Crippen LogP contribution in [0, 0.1) is 6.92 Å². The summed E-state index contributed by atoms with van der Waals surface area (Å²) in [6, 6.07) is 26.4. The van der Waals surface area contributed by atoms with E-state index >= 15 is 0 Å². The Bertz CT molecular complexity index is 1990. The number of aromatic carboxylic acids is 1. The van der Waals surface area contributed by atoms with E-state index in [0.29, 0.717) is 36.3 Å². The molecule has 0 unspecified atom stereocenters. The first-order valence-corrected chi connectivity index (χ1v) is 17.8. The monoisotopic (exact) mass is 651 g/mol. The minimum atomic E-state index is -3.77. The Balaban J connectivity index is 1.55. The number of carboxylic acids is 1. The van der Waals surface area contributed by atoms with Crippen LogP contribution in [0.3, 0.4) is 0 Å². The van der Waals surface area contributed by atoms with Crippen LogP contribution in [0.2, 0.25) is 0 Å². The molecule has 246 valence electrons. The van der Waals surface area contributed by atoms with Crippen LogP contribution in [-0.4, -0.2) is 35.6 Å². The van der Waals surface area contributed by atoms with E-state index in [-0.39, 0.29) is 10.3 Å². The molecule has 8 heteroatoms. The molecule has 0 fully saturated rings. The molecule has 0 aliphatic rings. The minimum absolute atomic E-state index is 0.271. The normalized spacial score (nSPS) is 12.0. The maximum absolute atomic E-state index is 13.9. The molecule has 1 heterocycles. The van der Waals surface area contributed by atoms with E-state index in [1.165, 1.54) is 4.31 Å². The van der Waals surface area contributed by atoms with Crippen LogP contribution < -0.4 is 4.31 Å². The molecule has 0 spiro atoms. The first-order valence-electron chi connectivity index (χ1n) is 16.4. The number of anilines is 1. The molecule has 7 nitrogen and oxygen atoms in total. The van der Waals surface area contributed by atoms with Gasteiger partial charge in [-0.25, -0.2) is 18.2 Å². The Morgan fingerprint density at radius 1 is 0.915 bits per heavy atom. The number of rotatable bonds is 12. The van der Waals surface area contributed by atoms with Crippen molar-refractivity contribution in [3.8, 4) is 11.1 Å². The summed E-state index contributed by atoms with van der Waals surface area (Å²) < 4.78 is 31.4. The van der Waals surface area contributed by atoms with Gasteiger partial charge in [-0.2, -0.15) is 0 Å². The van der Waals surface area contributed by atoms with Crippen molar-refractivity contribution >= 4 is 32.7 Å². The molecule has 0 radical (unpaired) electrons. The number of hydrogen-bond acceptors (Lipinski definition) is 4. The van der Waals surface area contributed by atoms with Crippen LogP contribution in [-0.2, 0) is 28.4 Å². The molecule has 0 saturated carbocycles. The Morgan fingerprint density at radius 2 is 1.62 bits per heavy atom. The second-order valence-corrected chi connectivity index (χ2v) is 15.1. The maximum atomic E-state index is 13.9. The van der Waals surface area contributed by atoms with Gasteiger partial charge in [0.1, 0.15) is 5.82 Å². The summed E-state index contributed by atoms with van der Waals surface area (Å²) in [7, 11) is -3.77. The average Bonchev–Trinajstić information content (AvgIpc) is 3.38. The predicted octanol–water partition coefficient (Wildman–Crippen LogP) is 9.00. The molecule has 0 amide bonds. The number of carbonyl (C=O) groups is 1. The van der Waals surface area contributed by atoms with Gasteiger partial charge in [0.2, 0.25) is 0 Å². The van der Waals surface area contributed by atoms with Gasteiger partial charge in [-0.15, -0.1) is 0 Å². The molecule has 5 aromatic rings. The highest BCUT2D eigenvalue weighted by atomic mass is 32.2. The largest absolute Gasteiger partial charge is 0.478 e. The second-order valence-electron chi connectivity index (χ2n) is 13.3. The Morgan fingerprint density at radius 3 is 2.23 bits per heavy atom. The van der Waals surface area contributed by atoms with Crippen molar-refractivity contribution in [2.24, 2.45) is 0 Å². The van der Waals surface area contributed by atoms with Crippen molar-refractivity contribution in [1.82, 2.24) is 9.55 Å². The fourth-order valence-electron chi connectivity index (χ4n) is 6.07. The van der Waals surface area contributed by atoms with E-state index in [2.05, 4.69) is 11.5 Å². The highest BCUT2D eigenvalue weighted by Crippen LogP contribution is 2.34. The van der Waals surface area contributed by atoms with Crippen molar-refractivity contribution in [3.63, 3.8) is 0 Å². The number of aryl methyl sites for hydroxylation is 2. The predicted molar refractivity (Wildman–Crippen MR) is 191 cm³/mol. The maximum Gasteiger partial charge on any atom is 0.336 e. The third-order valence-corrected chi connectivity index (χ3v) is 10.4. The topological polar surface area (TPSA) is 92.5 Å². The minimum Gasteiger partial charge on any atom is -0.478 e. The number of aromatic nitrogens is 2. The lowest BCUT2D eigenvalue weighted by Crippen LogP contribution is -2.31. The molecular formula is C39H45N3O4S. The van der Waals surface area contributed by atoms with Crippen molar-refractivity contribution in [1.29, 1.82) is 0 Å². The average molecular weight is 652 g/mol. The fraction of sp³-hybridized carbons (Fsp3) is 0.333. The van der Waals surface area contributed by atoms with E-state index in [4.69, 9.17) is 4.98 Å². The molecule has 1 N–H and O–H groups in total. The number of hydrogen-bond donors (Lipinski definition) is 1. The molecule has 0 atom stereocenters. The standard InChI is InChI=1S/C39H45N3O4S/c1-7-9-13-36-40-34-23-20-30(42(24-8-2)47(45,46)31-21-14-27(3)15-22-31)25-35(34)41(36)26-28-16-18-29(19-17-28)32-11-10-12-33(39(4,5)6)37(32)38(43)44/h10-12,14-23,25H,7-9,13,24,26H2,1-6H3,(H,43,44). The van der Waals surface area contributed by atoms with Crippen LogP contribution >= 0.6 is 0 Å². The number of carboxylic acid groups (broad SMARTS) is 1. The molecule has 47 heavy (non-hydrogen) atoms. The van der Waals surface area contributed by atoms with E-state index in [9.17, 15) is 18.3 Å². The number of nitrogens with zero attached hydrogens (tertiary/aromatic N) is 3. The lowest BCUT2D eigenvalue weighted by atomic mass is 9.81. The first kappa shape index (κ1) is 33.9. The molecule has 0 aliphatic heterocycles. The zero-order valence-corrected chi connectivity index (χ0v) is 29.1. The molecule has 5 rings (SSSR count). The number of unbranched alkanes of at least 4 members (excludes halogenated alkanes) is 1. The Kier molecular flexibility index (Phi) is 9.92. The highest BCUT2D eigenvalue weighted by Gasteiger charge is 2.26. The number of benzene rings is 4. The molecular weight excluding hydrogens is 607 g/mol. The fourth-order valence-corrected chi connectivity index (χ4v) is 7.62. The van der Waals surface area contributed by atoms with E-state index in [1.54, 1.807) is 12.1 Å². The van der Waals surface area contributed by atoms with Crippen LogP contribution in [0.5, 0.6) is 0 Å². The van der Waals surface area contributed by atoms with Gasteiger partial charge < -0.3 is 9.67 Å². The van der Waals surface area contributed by atoms with Crippen LogP contribution in [0.25, 0.3) is 22.2 Å². The Labute approximate surface area is 279 Å². The smallest absolute Gasteiger partial charge is 0.336 e. The lowest BCUT2D eigenvalue weighted by Gasteiger charge is -2.24. The zero-order valence-electron chi connectivity index (χ0n) is 28.2. The van der Waals surface area contributed by atoms with Crippen molar-refractivity contribution in [2.45, 2.75) is 84.1 Å². The summed E-state index contributed by atoms with van der Waals surface area (Å²) in [6.07, 6.45) is 3.49. The molecule has 0 saturated heterocycles.